The Kier molecular flexibility index (Phi) is 6.78. The summed E-state index contributed by atoms with van der Waals surface area (Å²) in [5.74, 6) is -0.270. The minimum Gasteiger partial charge on any atom is -0.491 e. The third-order valence-corrected chi connectivity index (χ3v) is 3.43. The van der Waals surface area contributed by atoms with Gasteiger partial charge < -0.3 is 14.8 Å². The summed E-state index contributed by atoms with van der Waals surface area (Å²) < 4.78 is 10.6. The number of non-ortho nitro benzene ring substituents is 1. The summed E-state index contributed by atoms with van der Waals surface area (Å²) in [4.78, 5) is 32.7. The number of anilines is 1. The Balaban J connectivity index is 2.15. The highest BCUT2D eigenvalue weighted by Gasteiger charge is 2.24. The van der Waals surface area contributed by atoms with Crippen molar-refractivity contribution in [1.82, 2.24) is 0 Å². The van der Waals surface area contributed by atoms with E-state index in [4.69, 9.17) is 9.47 Å². The number of rotatable bonds is 9. The molecule has 0 heterocycles. The summed E-state index contributed by atoms with van der Waals surface area (Å²) in [7, 11) is 0. The molecule has 1 amide bonds. The third kappa shape index (κ3) is 5.47. The summed E-state index contributed by atoms with van der Waals surface area (Å²) in [6.07, 6.45) is 0. The number of nitro groups is 2. The Morgan fingerprint density at radius 3 is 2.52 bits per heavy atom. The average molecular weight is 375 g/mol. The molecule has 10 nitrogen and oxygen atoms in total. The van der Waals surface area contributed by atoms with Crippen LogP contribution in [0, 0.1) is 20.2 Å². The van der Waals surface area contributed by atoms with Gasteiger partial charge in [0.05, 0.1) is 22.5 Å². The number of carbonyl (C=O) groups excluding carboxylic acids is 1. The highest BCUT2D eigenvalue weighted by Crippen LogP contribution is 2.26. The monoisotopic (exact) mass is 375 g/mol. The minimum absolute atomic E-state index is 0.284. The van der Waals surface area contributed by atoms with Crippen LogP contribution in [0.5, 0.6) is 5.75 Å². The molecule has 0 spiro atoms. The predicted molar refractivity (Wildman–Crippen MR) is 96.1 cm³/mol. The van der Waals surface area contributed by atoms with E-state index >= 15 is 0 Å². The van der Waals surface area contributed by atoms with E-state index in [1.54, 1.807) is 24.3 Å². The van der Waals surface area contributed by atoms with Gasteiger partial charge in [0.2, 0.25) is 0 Å². The molecule has 2 rings (SSSR count). The van der Waals surface area contributed by atoms with Gasteiger partial charge in [-0.25, -0.2) is 0 Å². The largest absolute Gasteiger partial charge is 0.491 e. The smallest absolute Gasteiger partial charge is 0.289 e. The van der Waals surface area contributed by atoms with E-state index in [0.717, 1.165) is 18.2 Å². The van der Waals surface area contributed by atoms with Crippen LogP contribution in [0.1, 0.15) is 17.3 Å². The number of nitrogens with one attached hydrogen (secondary N) is 1. The van der Waals surface area contributed by atoms with Crippen molar-refractivity contribution in [3.8, 4) is 5.75 Å². The van der Waals surface area contributed by atoms with Crippen molar-refractivity contribution in [2.45, 2.75) is 6.92 Å². The van der Waals surface area contributed by atoms with Gasteiger partial charge in [0.15, 0.2) is 0 Å². The molecule has 2 aromatic rings. The van der Waals surface area contributed by atoms with Gasteiger partial charge in [-0.2, -0.15) is 0 Å². The van der Waals surface area contributed by atoms with Gasteiger partial charge in [-0.3, -0.25) is 25.0 Å². The van der Waals surface area contributed by atoms with Crippen molar-refractivity contribution < 1.29 is 24.1 Å². The van der Waals surface area contributed by atoms with Gasteiger partial charge >= 0.3 is 0 Å². The van der Waals surface area contributed by atoms with Gasteiger partial charge in [0.25, 0.3) is 17.3 Å². The molecular weight excluding hydrogens is 358 g/mol. The van der Waals surface area contributed by atoms with Gasteiger partial charge in [0.1, 0.15) is 17.9 Å². The first-order valence-electron chi connectivity index (χ1n) is 7.97. The minimum atomic E-state index is -0.838. The van der Waals surface area contributed by atoms with E-state index in [1.807, 2.05) is 6.92 Å². The molecule has 0 bridgehead atoms. The van der Waals surface area contributed by atoms with Gasteiger partial charge in [-0.05, 0) is 25.1 Å². The molecule has 0 aliphatic carbocycles. The summed E-state index contributed by atoms with van der Waals surface area (Å²) in [5, 5.41) is 24.4. The molecule has 0 aliphatic heterocycles. The van der Waals surface area contributed by atoms with Gasteiger partial charge in [0, 0.05) is 24.4 Å². The zero-order chi connectivity index (χ0) is 19.8. The van der Waals surface area contributed by atoms with Crippen LogP contribution in [-0.2, 0) is 4.74 Å². The summed E-state index contributed by atoms with van der Waals surface area (Å²) in [6, 6.07) is 9.32. The lowest BCUT2D eigenvalue weighted by molar-refractivity contribution is -0.394. The van der Waals surface area contributed by atoms with Crippen molar-refractivity contribution in [3.05, 3.63) is 68.3 Å². The summed E-state index contributed by atoms with van der Waals surface area (Å²) >= 11 is 0. The van der Waals surface area contributed by atoms with Crippen LogP contribution in [0.25, 0.3) is 0 Å². The fourth-order valence-electron chi connectivity index (χ4n) is 2.20. The second-order valence-electron chi connectivity index (χ2n) is 5.24. The summed E-state index contributed by atoms with van der Waals surface area (Å²) in [6.45, 7) is 3.20. The maximum absolute atomic E-state index is 12.4. The average Bonchev–Trinajstić information content (AvgIpc) is 2.65. The fourth-order valence-corrected chi connectivity index (χ4v) is 2.20. The van der Waals surface area contributed by atoms with Crippen LogP contribution in [0.2, 0.25) is 0 Å². The maximum atomic E-state index is 12.4. The van der Waals surface area contributed by atoms with Crippen molar-refractivity contribution in [2.24, 2.45) is 0 Å². The Hall–Kier alpha value is -3.53. The molecule has 0 atom stereocenters. The second-order valence-corrected chi connectivity index (χ2v) is 5.24. The SMILES string of the molecule is CCOCCOc1cccc(NC(=O)c2ccc([N+](=O)[O-])cc2[N+](=O)[O-])c1. The van der Waals surface area contributed by atoms with Crippen LogP contribution in [0.3, 0.4) is 0 Å². The number of ether oxygens (including phenoxy) is 2. The molecule has 142 valence electrons. The van der Waals surface area contributed by atoms with Crippen molar-refractivity contribution >= 4 is 23.0 Å². The van der Waals surface area contributed by atoms with Crippen LogP contribution in [0.15, 0.2) is 42.5 Å². The summed E-state index contributed by atoms with van der Waals surface area (Å²) in [5.41, 5.74) is -1.04. The first-order chi connectivity index (χ1) is 12.9. The molecule has 0 radical (unpaired) electrons. The number of nitro benzene ring substituents is 2. The lowest BCUT2D eigenvalue weighted by Crippen LogP contribution is -2.14. The number of carbonyl (C=O) groups is 1. The quantitative estimate of drug-likeness (QED) is 0.404. The normalized spacial score (nSPS) is 10.3. The first kappa shape index (κ1) is 19.8. The number of hydrogen-bond acceptors (Lipinski definition) is 7. The fraction of sp³-hybridized carbons (Fsp3) is 0.235. The van der Waals surface area contributed by atoms with E-state index in [-0.39, 0.29) is 5.56 Å². The lowest BCUT2D eigenvalue weighted by Gasteiger charge is -2.09. The van der Waals surface area contributed by atoms with Crippen LogP contribution >= 0.6 is 0 Å². The molecular formula is C17H17N3O7. The lowest BCUT2D eigenvalue weighted by atomic mass is 10.1. The molecule has 1 N–H and O–H groups in total. The topological polar surface area (TPSA) is 134 Å². The number of benzene rings is 2. The second kappa shape index (κ2) is 9.25. The zero-order valence-electron chi connectivity index (χ0n) is 14.4. The molecule has 0 unspecified atom stereocenters. The van der Waals surface area contributed by atoms with Crippen LogP contribution in [0.4, 0.5) is 17.1 Å². The standard InChI is InChI=1S/C17H17N3O7/c1-2-26-8-9-27-14-5-3-4-12(10-14)18-17(21)15-7-6-13(19(22)23)11-16(15)20(24)25/h3-7,10-11H,2,8-9H2,1H3,(H,18,21). The molecule has 0 fully saturated rings. The molecule has 0 aromatic heterocycles. The number of amides is 1. The zero-order valence-corrected chi connectivity index (χ0v) is 14.4. The molecule has 0 aliphatic rings. The predicted octanol–water partition coefficient (Wildman–Crippen LogP) is 3.17. The van der Waals surface area contributed by atoms with Crippen molar-refractivity contribution in [1.29, 1.82) is 0 Å². The third-order valence-electron chi connectivity index (χ3n) is 3.43. The molecule has 2 aromatic carbocycles. The molecule has 0 saturated carbocycles. The molecule has 27 heavy (non-hydrogen) atoms. The van der Waals surface area contributed by atoms with Crippen molar-refractivity contribution in [3.63, 3.8) is 0 Å². The van der Waals surface area contributed by atoms with Crippen LogP contribution < -0.4 is 10.1 Å². The Morgan fingerprint density at radius 2 is 1.85 bits per heavy atom. The highest BCUT2D eigenvalue weighted by atomic mass is 16.6. The Morgan fingerprint density at radius 1 is 1.07 bits per heavy atom. The highest BCUT2D eigenvalue weighted by molar-refractivity contribution is 6.07. The van der Waals surface area contributed by atoms with Crippen molar-refractivity contribution in [2.75, 3.05) is 25.1 Å². The Bertz CT molecular complexity index is 854. The van der Waals surface area contributed by atoms with Crippen LogP contribution in [-0.4, -0.2) is 35.6 Å². The van der Waals surface area contributed by atoms with E-state index in [9.17, 15) is 25.0 Å². The van der Waals surface area contributed by atoms with Gasteiger partial charge in [-0.15, -0.1) is 0 Å². The first-order valence-corrected chi connectivity index (χ1v) is 7.97. The van der Waals surface area contributed by atoms with Gasteiger partial charge in [-0.1, -0.05) is 6.07 Å². The van der Waals surface area contributed by atoms with E-state index in [2.05, 4.69) is 5.32 Å². The maximum Gasteiger partial charge on any atom is 0.289 e. The van der Waals surface area contributed by atoms with E-state index in [1.165, 1.54) is 0 Å². The number of nitrogens with zero attached hydrogens (tertiary/aromatic N) is 2. The van der Waals surface area contributed by atoms with E-state index in [0.29, 0.717) is 31.3 Å². The van der Waals surface area contributed by atoms with E-state index < -0.39 is 27.1 Å². The number of hydrogen-bond donors (Lipinski definition) is 1. The molecule has 0 saturated heterocycles. The Labute approximate surface area is 154 Å². The molecule has 10 heteroatoms.